The molecule has 0 radical (unpaired) electrons. The molecule has 3 rings (SSSR count). The molecule has 5 nitrogen and oxygen atoms in total. The third-order valence-corrected chi connectivity index (χ3v) is 4.09. The average molecular weight is 353 g/mol. The van der Waals surface area contributed by atoms with Gasteiger partial charge in [-0.2, -0.15) is 5.10 Å². The highest BCUT2D eigenvalue weighted by molar-refractivity contribution is 5.93. The van der Waals surface area contributed by atoms with Crippen LogP contribution in [0.5, 0.6) is 5.75 Å². The van der Waals surface area contributed by atoms with Crippen LogP contribution in [0.2, 0.25) is 0 Å². The second-order valence-electron chi connectivity index (χ2n) is 5.90. The maximum atomic E-state index is 13.1. The van der Waals surface area contributed by atoms with Gasteiger partial charge in [0.15, 0.2) is 5.69 Å². The van der Waals surface area contributed by atoms with Gasteiger partial charge in [-0.25, -0.2) is 4.39 Å². The standard InChI is InChI=1S/C20H20FN3O2/c1-24-19(15-6-8-16(21)9-7-15)13-18(23-24)20(25)22-11-10-14-4-3-5-17(12-14)26-2/h3-9,12-13H,10-11H2,1-2H3,(H,22,25). The van der Waals surface area contributed by atoms with Gasteiger partial charge in [0.25, 0.3) is 5.91 Å². The van der Waals surface area contributed by atoms with Gasteiger partial charge in [0.05, 0.1) is 12.8 Å². The molecule has 0 aliphatic rings. The van der Waals surface area contributed by atoms with Crippen molar-refractivity contribution in [2.45, 2.75) is 6.42 Å². The Kier molecular flexibility index (Phi) is 5.31. The van der Waals surface area contributed by atoms with Crippen LogP contribution >= 0.6 is 0 Å². The van der Waals surface area contributed by atoms with Crippen molar-refractivity contribution in [3.63, 3.8) is 0 Å². The lowest BCUT2D eigenvalue weighted by Crippen LogP contribution is -2.26. The second kappa shape index (κ2) is 7.82. The summed E-state index contributed by atoms with van der Waals surface area (Å²) in [6, 6.07) is 15.5. The number of ether oxygens (including phenoxy) is 1. The van der Waals surface area contributed by atoms with Crippen LogP contribution in [0.4, 0.5) is 4.39 Å². The number of carbonyl (C=O) groups excluding carboxylic acids is 1. The maximum Gasteiger partial charge on any atom is 0.271 e. The first-order valence-corrected chi connectivity index (χ1v) is 8.28. The monoisotopic (exact) mass is 353 g/mol. The van der Waals surface area contributed by atoms with Crippen molar-refractivity contribution >= 4 is 5.91 Å². The van der Waals surface area contributed by atoms with Crippen LogP contribution in [0.25, 0.3) is 11.3 Å². The molecule has 0 saturated heterocycles. The second-order valence-corrected chi connectivity index (χ2v) is 5.90. The van der Waals surface area contributed by atoms with Crippen LogP contribution in [0.3, 0.4) is 0 Å². The lowest BCUT2D eigenvalue weighted by molar-refractivity contribution is 0.0948. The third kappa shape index (κ3) is 4.08. The lowest BCUT2D eigenvalue weighted by Gasteiger charge is -2.05. The van der Waals surface area contributed by atoms with Gasteiger partial charge in [-0.15, -0.1) is 0 Å². The zero-order valence-corrected chi connectivity index (χ0v) is 14.7. The summed E-state index contributed by atoms with van der Waals surface area (Å²) in [6.45, 7) is 0.495. The molecule has 6 heteroatoms. The van der Waals surface area contributed by atoms with E-state index in [1.807, 2.05) is 24.3 Å². The molecule has 0 aliphatic carbocycles. The van der Waals surface area contributed by atoms with Crippen LogP contribution in [-0.4, -0.2) is 29.3 Å². The van der Waals surface area contributed by atoms with Gasteiger partial charge >= 0.3 is 0 Å². The Labute approximate surface area is 151 Å². The highest BCUT2D eigenvalue weighted by Crippen LogP contribution is 2.20. The zero-order chi connectivity index (χ0) is 18.5. The SMILES string of the molecule is COc1cccc(CCNC(=O)c2cc(-c3ccc(F)cc3)n(C)n2)c1. The average Bonchev–Trinajstić information content (AvgIpc) is 3.04. The highest BCUT2D eigenvalue weighted by atomic mass is 19.1. The van der Waals surface area contributed by atoms with Gasteiger partial charge in [-0.05, 0) is 60.0 Å². The molecule has 0 atom stereocenters. The summed E-state index contributed by atoms with van der Waals surface area (Å²) in [5.74, 6) is 0.255. The number of rotatable bonds is 6. The molecule has 0 bridgehead atoms. The number of aryl methyl sites for hydroxylation is 1. The fraction of sp³-hybridized carbons (Fsp3) is 0.200. The first-order valence-electron chi connectivity index (χ1n) is 8.28. The number of hydrogen-bond donors (Lipinski definition) is 1. The number of amides is 1. The summed E-state index contributed by atoms with van der Waals surface area (Å²) < 4.78 is 19.9. The Morgan fingerprint density at radius 1 is 1.19 bits per heavy atom. The summed E-state index contributed by atoms with van der Waals surface area (Å²) >= 11 is 0. The molecule has 0 fully saturated rings. The number of nitrogens with one attached hydrogen (secondary N) is 1. The van der Waals surface area contributed by atoms with Gasteiger partial charge in [0.1, 0.15) is 11.6 Å². The predicted octanol–water partition coefficient (Wildman–Crippen LogP) is 3.21. The van der Waals surface area contributed by atoms with E-state index in [4.69, 9.17) is 4.74 Å². The number of aromatic nitrogens is 2. The molecule has 134 valence electrons. The summed E-state index contributed by atoms with van der Waals surface area (Å²) in [5.41, 5.74) is 2.97. The fourth-order valence-electron chi connectivity index (χ4n) is 2.71. The van der Waals surface area contributed by atoms with Gasteiger partial charge in [0.2, 0.25) is 0 Å². The Morgan fingerprint density at radius 2 is 1.96 bits per heavy atom. The van der Waals surface area contributed by atoms with Crippen LogP contribution < -0.4 is 10.1 Å². The fourth-order valence-corrected chi connectivity index (χ4v) is 2.71. The van der Waals surface area contributed by atoms with Crippen molar-refractivity contribution in [2.75, 3.05) is 13.7 Å². The van der Waals surface area contributed by atoms with E-state index in [1.165, 1.54) is 12.1 Å². The molecule has 1 amide bonds. The molecule has 3 aromatic rings. The molecule has 0 unspecified atom stereocenters. The first-order chi connectivity index (χ1) is 12.6. The van der Waals surface area contributed by atoms with E-state index in [0.29, 0.717) is 18.7 Å². The van der Waals surface area contributed by atoms with Crippen molar-refractivity contribution in [2.24, 2.45) is 7.05 Å². The van der Waals surface area contributed by atoms with E-state index in [9.17, 15) is 9.18 Å². The van der Waals surface area contributed by atoms with E-state index >= 15 is 0 Å². The molecule has 0 aliphatic heterocycles. The first kappa shape index (κ1) is 17.7. The van der Waals surface area contributed by atoms with Crippen molar-refractivity contribution in [1.29, 1.82) is 0 Å². The topological polar surface area (TPSA) is 56.1 Å². The number of halogens is 1. The number of hydrogen-bond acceptors (Lipinski definition) is 3. The number of nitrogens with zero attached hydrogens (tertiary/aromatic N) is 2. The van der Waals surface area contributed by atoms with E-state index < -0.39 is 0 Å². The van der Waals surface area contributed by atoms with Crippen molar-refractivity contribution in [1.82, 2.24) is 15.1 Å². The van der Waals surface area contributed by atoms with Gasteiger partial charge in [-0.1, -0.05) is 12.1 Å². The molecule has 1 heterocycles. The Balaban J connectivity index is 1.63. The molecular formula is C20H20FN3O2. The van der Waals surface area contributed by atoms with E-state index in [2.05, 4.69) is 10.4 Å². The molecule has 2 aromatic carbocycles. The highest BCUT2D eigenvalue weighted by Gasteiger charge is 2.13. The van der Waals surface area contributed by atoms with Crippen LogP contribution in [0, 0.1) is 5.82 Å². The normalized spacial score (nSPS) is 10.6. The van der Waals surface area contributed by atoms with Crippen LogP contribution in [0.1, 0.15) is 16.1 Å². The molecule has 0 spiro atoms. The van der Waals surface area contributed by atoms with E-state index in [-0.39, 0.29) is 11.7 Å². The molecule has 0 saturated carbocycles. The third-order valence-electron chi connectivity index (χ3n) is 4.09. The summed E-state index contributed by atoms with van der Waals surface area (Å²) in [7, 11) is 3.38. The van der Waals surface area contributed by atoms with Crippen LogP contribution in [-0.2, 0) is 13.5 Å². The summed E-state index contributed by atoms with van der Waals surface area (Å²) in [6.07, 6.45) is 0.695. The zero-order valence-electron chi connectivity index (χ0n) is 14.7. The Hall–Kier alpha value is -3.15. The van der Waals surface area contributed by atoms with E-state index in [1.54, 1.807) is 37.0 Å². The molecule has 26 heavy (non-hydrogen) atoms. The smallest absolute Gasteiger partial charge is 0.271 e. The van der Waals surface area contributed by atoms with Gasteiger partial charge < -0.3 is 10.1 Å². The van der Waals surface area contributed by atoms with E-state index in [0.717, 1.165) is 22.6 Å². The van der Waals surface area contributed by atoms with Gasteiger partial charge in [-0.3, -0.25) is 9.48 Å². The minimum absolute atomic E-state index is 0.239. The van der Waals surface area contributed by atoms with Crippen molar-refractivity contribution in [3.05, 3.63) is 71.7 Å². The largest absolute Gasteiger partial charge is 0.497 e. The van der Waals surface area contributed by atoms with Gasteiger partial charge in [0, 0.05) is 13.6 Å². The Bertz CT molecular complexity index is 904. The molecular weight excluding hydrogens is 333 g/mol. The maximum absolute atomic E-state index is 13.1. The van der Waals surface area contributed by atoms with Crippen molar-refractivity contribution in [3.8, 4) is 17.0 Å². The summed E-state index contributed by atoms with van der Waals surface area (Å²) in [5, 5.41) is 7.12. The quantitative estimate of drug-likeness (QED) is 0.740. The number of benzene rings is 2. The summed E-state index contributed by atoms with van der Waals surface area (Å²) in [4.78, 5) is 12.3. The van der Waals surface area contributed by atoms with Crippen LogP contribution in [0.15, 0.2) is 54.6 Å². The van der Waals surface area contributed by atoms with Crippen molar-refractivity contribution < 1.29 is 13.9 Å². The minimum Gasteiger partial charge on any atom is -0.497 e. The minimum atomic E-state index is -0.300. The number of methoxy groups -OCH3 is 1. The molecule has 1 N–H and O–H groups in total. The lowest BCUT2D eigenvalue weighted by atomic mass is 10.1. The number of carbonyl (C=O) groups is 1. The Morgan fingerprint density at radius 3 is 2.69 bits per heavy atom. The predicted molar refractivity (Wildman–Crippen MR) is 97.6 cm³/mol. The molecule has 1 aromatic heterocycles.